The van der Waals surface area contributed by atoms with Gasteiger partial charge in [0.1, 0.15) is 5.75 Å². The van der Waals surface area contributed by atoms with E-state index in [4.69, 9.17) is 16.3 Å². The van der Waals surface area contributed by atoms with Gasteiger partial charge in [0.15, 0.2) is 0 Å². The monoisotopic (exact) mass is 362 g/mol. The molecule has 0 spiro atoms. The van der Waals surface area contributed by atoms with Gasteiger partial charge >= 0.3 is 0 Å². The van der Waals surface area contributed by atoms with Crippen molar-refractivity contribution in [3.05, 3.63) is 28.8 Å². The van der Waals surface area contributed by atoms with Gasteiger partial charge in [-0.3, -0.25) is 4.90 Å². The fraction of sp³-hybridized carbons (Fsp3) is 0.538. The van der Waals surface area contributed by atoms with Crippen molar-refractivity contribution in [2.24, 2.45) is 0 Å². The Morgan fingerprint density at radius 3 is 2.38 bits per heavy atom. The van der Waals surface area contributed by atoms with Crippen LogP contribution in [0.4, 0.5) is 8.78 Å². The van der Waals surface area contributed by atoms with E-state index in [1.165, 1.54) is 7.11 Å². The van der Waals surface area contributed by atoms with Crippen LogP contribution in [0.25, 0.3) is 0 Å². The van der Waals surface area contributed by atoms with Crippen molar-refractivity contribution >= 4 is 36.4 Å². The average Bonchev–Trinajstić information content (AvgIpc) is 2.41. The molecule has 0 amide bonds. The number of ether oxygens (including phenoxy) is 1. The molecule has 1 atom stereocenters. The first kappa shape index (κ1) is 20.7. The molecule has 0 bridgehead atoms. The lowest BCUT2D eigenvalue weighted by molar-refractivity contribution is 0.0181. The van der Waals surface area contributed by atoms with Gasteiger partial charge in [-0.25, -0.2) is 8.78 Å². The third-order valence-corrected chi connectivity index (χ3v) is 3.61. The first-order valence-corrected chi connectivity index (χ1v) is 6.57. The van der Waals surface area contributed by atoms with Gasteiger partial charge in [-0.15, -0.1) is 24.8 Å². The second-order valence-electron chi connectivity index (χ2n) is 4.46. The quantitative estimate of drug-likeness (QED) is 0.887. The Morgan fingerprint density at radius 2 is 1.86 bits per heavy atom. The molecule has 21 heavy (non-hydrogen) atoms. The first-order chi connectivity index (χ1) is 9.13. The van der Waals surface area contributed by atoms with E-state index in [1.807, 2.05) is 0 Å². The number of benzene rings is 1. The van der Waals surface area contributed by atoms with Crippen molar-refractivity contribution in [2.45, 2.75) is 12.5 Å². The van der Waals surface area contributed by atoms with Crippen LogP contribution in [-0.4, -0.2) is 44.6 Å². The van der Waals surface area contributed by atoms with E-state index in [0.29, 0.717) is 29.4 Å². The van der Waals surface area contributed by atoms with Gasteiger partial charge in [0.05, 0.1) is 18.2 Å². The van der Waals surface area contributed by atoms with Gasteiger partial charge < -0.3 is 10.1 Å². The number of methoxy groups -OCH3 is 1. The second-order valence-corrected chi connectivity index (χ2v) is 4.87. The van der Waals surface area contributed by atoms with Crippen molar-refractivity contribution in [3.63, 3.8) is 0 Å². The molecule has 2 rings (SSSR count). The molecule has 0 radical (unpaired) electrons. The Kier molecular flexibility index (Phi) is 9.49. The zero-order chi connectivity index (χ0) is 13.8. The van der Waals surface area contributed by atoms with Crippen LogP contribution in [0.2, 0.25) is 5.02 Å². The number of nitrogens with zero attached hydrogens (tertiary/aromatic N) is 1. The Morgan fingerprint density at radius 1 is 1.24 bits per heavy atom. The van der Waals surface area contributed by atoms with E-state index in [9.17, 15) is 8.78 Å². The molecule has 0 saturated carbocycles. The maximum Gasteiger partial charge on any atom is 0.258 e. The van der Waals surface area contributed by atoms with Crippen LogP contribution in [0.3, 0.4) is 0 Å². The summed E-state index contributed by atoms with van der Waals surface area (Å²) in [7, 11) is 1.48. The van der Waals surface area contributed by atoms with Crippen molar-refractivity contribution in [2.75, 3.05) is 33.3 Å². The molecule has 3 nitrogen and oxygen atoms in total. The van der Waals surface area contributed by atoms with Crippen LogP contribution >= 0.6 is 36.4 Å². The average molecular weight is 364 g/mol. The number of hydrogen-bond donors (Lipinski definition) is 1. The van der Waals surface area contributed by atoms with Crippen LogP contribution in [-0.2, 0) is 0 Å². The molecule has 1 saturated heterocycles. The lowest BCUT2D eigenvalue weighted by Gasteiger charge is -2.34. The van der Waals surface area contributed by atoms with E-state index in [2.05, 4.69) is 5.32 Å². The molecule has 0 unspecified atom stereocenters. The standard InChI is InChI=1S/C13H17ClF2N2O.2ClH/c1-19-11-8-9(2-3-10(11)14)12(13(15)16)18-6-4-17-5-7-18;;/h2-3,8,12-13,17H,4-7H2,1H3;2*1H/t12-;;/m0../s1. The maximum atomic E-state index is 13.4. The van der Waals surface area contributed by atoms with Gasteiger partial charge in [0, 0.05) is 26.2 Å². The van der Waals surface area contributed by atoms with Crippen molar-refractivity contribution < 1.29 is 13.5 Å². The van der Waals surface area contributed by atoms with Crippen LogP contribution in [0, 0.1) is 0 Å². The molecular formula is C13H19Cl3F2N2O. The summed E-state index contributed by atoms with van der Waals surface area (Å²) < 4.78 is 31.8. The molecule has 1 heterocycles. The largest absolute Gasteiger partial charge is 0.495 e. The second kappa shape index (κ2) is 9.64. The summed E-state index contributed by atoms with van der Waals surface area (Å²) in [6.45, 7) is 2.68. The highest BCUT2D eigenvalue weighted by molar-refractivity contribution is 6.32. The summed E-state index contributed by atoms with van der Waals surface area (Å²) in [6.07, 6.45) is -2.44. The molecule has 1 N–H and O–H groups in total. The maximum absolute atomic E-state index is 13.4. The minimum Gasteiger partial charge on any atom is -0.495 e. The van der Waals surface area contributed by atoms with Gasteiger partial charge in [-0.05, 0) is 17.7 Å². The molecule has 1 fully saturated rings. The lowest BCUT2D eigenvalue weighted by Crippen LogP contribution is -2.46. The van der Waals surface area contributed by atoms with Gasteiger partial charge in [-0.1, -0.05) is 17.7 Å². The van der Waals surface area contributed by atoms with Crippen LogP contribution in [0.15, 0.2) is 18.2 Å². The number of halogens is 5. The number of hydrogen-bond acceptors (Lipinski definition) is 3. The molecule has 122 valence electrons. The summed E-state index contributed by atoms with van der Waals surface area (Å²) in [5.41, 5.74) is 0.540. The minimum atomic E-state index is -2.44. The van der Waals surface area contributed by atoms with Gasteiger partial charge in [-0.2, -0.15) is 0 Å². The molecular weight excluding hydrogens is 345 g/mol. The summed E-state index contributed by atoms with van der Waals surface area (Å²) in [5, 5.41) is 3.59. The van der Waals surface area contributed by atoms with E-state index in [1.54, 1.807) is 23.1 Å². The molecule has 1 aromatic carbocycles. The zero-order valence-electron chi connectivity index (χ0n) is 11.5. The lowest BCUT2D eigenvalue weighted by atomic mass is 10.0. The third-order valence-electron chi connectivity index (χ3n) is 3.30. The number of piperazine rings is 1. The van der Waals surface area contributed by atoms with E-state index in [-0.39, 0.29) is 24.8 Å². The number of alkyl halides is 2. The Bertz CT molecular complexity index is 432. The number of nitrogens with one attached hydrogen (secondary N) is 1. The van der Waals surface area contributed by atoms with Crippen LogP contribution < -0.4 is 10.1 Å². The van der Waals surface area contributed by atoms with E-state index < -0.39 is 12.5 Å². The van der Waals surface area contributed by atoms with E-state index in [0.717, 1.165) is 13.1 Å². The van der Waals surface area contributed by atoms with Gasteiger partial charge in [0.25, 0.3) is 6.43 Å². The molecule has 8 heteroatoms. The molecule has 1 aromatic rings. The minimum absolute atomic E-state index is 0. The Balaban J connectivity index is 0.00000200. The Hall–Kier alpha value is -0.330. The fourth-order valence-electron chi connectivity index (χ4n) is 2.34. The number of rotatable bonds is 4. The molecule has 1 aliphatic rings. The highest BCUT2D eigenvalue weighted by Crippen LogP contribution is 2.33. The molecule has 0 aromatic heterocycles. The molecule has 0 aliphatic carbocycles. The fourth-order valence-corrected chi connectivity index (χ4v) is 2.53. The van der Waals surface area contributed by atoms with Crippen LogP contribution in [0.5, 0.6) is 5.75 Å². The summed E-state index contributed by atoms with van der Waals surface area (Å²) in [6, 6.07) is 3.94. The Labute approximate surface area is 140 Å². The zero-order valence-corrected chi connectivity index (χ0v) is 13.9. The van der Waals surface area contributed by atoms with Crippen molar-refractivity contribution in [1.29, 1.82) is 0 Å². The predicted molar refractivity (Wildman–Crippen MR) is 85.7 cm³/mol. The van der Waals surface area contributed by atoms with Crippen molar-refractivity contribution in [3.8, 4) is 5.75 Å². The summed E-state index contributed by atoms with van der Waals surface area (Å²) in [5.74, 6) is 0.431. The predicted octanol–water partition coefficient (Wildman–Crippen LogP) is 3.40. The van der Waals surface area contributed by atoms with Gasteiger partial charge in [0.2, 0.25) is 0 Å². The van der Waals surface area contributed by atoms with Crippen molar-refractivity contribution in [1.82, 2.24) is 10.2 Å². The van der Waals surface area contributed by atoms with E-state index >= 15 is 0 Å². The third kappa shape index (κ3) is 5.11. The molecule has 1 aliphatic heterocycles. The SMILES string of the molecule is COc1cc([C@@H](C(F)F)N2CCNCC2)ccc1Cl.Cl.Cl. The van der Waals surface area contributed by atoms with Crippen LogP contribution in [0.1, 0.15) is 11.6 Å². The summed E-state index contributed by atoms with van der Waals surface area (Å²) >= 11 is 5.93. The summed E-state index contributed by atoms with van der Waals surface area (Å²) in [4.78, 5) is 1.80. The highest BCUT2D eigenvalue weighted by atomic mass is 35.5. The highest BCUT2D eigenvalue weighted by Gasteiger charge is 2.30. The smallest absolute Gasteiger partial charge is 0.258 e. The topological polar surface area (TPSA) is 24.5 Å². The normalized spacial score (nSPS) is 16.8. The first-order valence-electron chi connectivity index (χ1n) is 6.20.